The molecule has 0 aliphatic carbocycles. The average molecular weight is 222 g/mol. The Kier molecular flexibility index (Phi) is 6.03. The maximum absolute atomic E-state index is 3.91. The molecule has 2 N–H and O–H groups in total. The van der Waals surface area contributed by atoms with Gasteiger partial charge in [0.2, 0.25) is 0 Å². The molecule has 4 heteroatoms. The minimum absolute atomic E-state index is 0.205. The molecule has 1 rings (SSSR count). The van der Waals surface area contributed by atoms with Crippen LogP contribution in [0.1, 0.15) is 0 Å². The van der Waals surface area contributed by atoms with Crippen molar-refractivity contribution in [2.75, 3.05) is 33.1 Å². The highest BCUT2D eigenvalue weighted by molar-refractivity contribution is 4.93. The van der Waals surface area contributed by atoms with Gasteiger partial charge < -0.3 is 0 Å². The molecule has 0 unspecified atom stereocenters. The summed E-state index contributed by atoms with van der Waals surface area (Å²) in [5.74, 6) is 0. The van der Waals surface area contributed by atoms with Crippen molar-refractivity contribution in [3.05, 3.63) is 38.0 Å². The second-order valence-electron chi connectivity index (χ2n) is 3.76. The van der Waals surface area contributed by atoms with Crippen molar-refractivity contribution >= 4 is 0 Å². The minimum atomic E-state index is 0.205. The van der Waals surface area contributed by atoms with Crippen molar-refractivity contribution in [1.29, 1.82) is 0 Å². The highest BCUT2D eigenvalue weighted by Crippen LogP contribution is 2.07. The molecule has 1 heterocycles. The third-order valence-corrected chi connectivity index (χ3v) is 2.57. The lowest BCUT2D eigenvalue weighted by Gasteiger charge is -2.39. The van der Waals surface area contributed by atoms with E-state index in [4.69, 9.17) is 0 Å². The maximum atomic E-state index is 3.91. The van der Waals surface area contributed by atoms with Crippen molar-refractivity contribution in [3.8, 4) is 0 Å². The standard InChI is InChI=1S/C12H22N4/c1-4-7-15(8-5-2)12(6-3)16-10-13-9-14-11-16/h4-6,12-14H,1-3,7-11H2/t12-/m0/s1. The van der Waals surface area contributed by atoms with E-state index in [-0.39, 0.29) is 6.17 Å². The van der Waals surface area contributed by atoms with Crippen LogP contribution in [-0.4, -0.2) is 49.1 Å². The Balaban J connectivity index is 2.62. The fourth-order valence-corrected chi connectivity index (χ4v) is 1.88. The molecule has 0 spiro atoms. The van der Waals surface area contributed by atoms with Crippen LogP contribution < -0.4 is 10.6 Å². The SMILES string of the molecule is C=CCN(CC=C)[C@H](C=C)N1CNCNC1. The summed E-state index contributed by atoms with van der Waals surface area (Å²) in [6, 6.07) is 0. The first-order valence-electron chi connectivity index (χ1n) is 5.57. The van der Waals surface area contributed by atoms with Crippen LogP contribution in [0.3, 0.4) is 0 Å². The first-order chi connectivity index (χ1) is 7.83. The zero-order chi connectivity index (χ0) is 11.8. The van der Waals surface area contributed by atoms with Crippen LogP contribution in [0.4, 0.5) is 0 Å². The molecule has 1 aliphatic rings. The summed E-state index contributed by atoms with van der Waals surface area (Å²) >= 11 is 0. The minimum Gasteiger partial charge on any atom is -0.292 e. The van der Waals surface area contributed by atoms with Crippen molar-refractivity contribution in [1.82, 2.24) is 20.4 Å². The molecule has 0 aromatic carbocycles. The number of rotatable bonds is 7. The van der Waals surface area contributed by atoms with Gasteiger partial charge in [0, 0.05) is 19.8 Å². The zero-order valence-electron chi connectivity index (χ0n) is 9.86. The van der Waals surface area contributed by atoms with Crippen LogP contribution in [0.5, 0.6) is 0 Å². The maximum Gasteiger partial charge on any atom is 0.0838 e. The van der Waals surface area contributed by atoms with Gasteiger partial charge in [0.15, 0.2) is 0 Å². The summed E-state index contributed by atoms with van der Waals surface area (Å²) in [4.78, 5) is 4.55. The molecule has 0 aromatic heterocycles. The molecule has 1 aliphatic heterocycles. The van der Waals surface area contributed by atoms with Gasteiger partial charge >= 0.3 is 0 Å². The lowest BCUT2D eigenvalue weighted by molar-refractivity contribution is 0.0599. The van der Waals surface area contributed by atoms with E-state index >= 15 is 0 Å². The Labute approximate surface area is 98.3 Å². The highest BCUT2D eigenvalue weighted by Gasteiger charge is 2.21. The van der Waals surface area contributed by atoms with Gasteiger partial charge in [-0.1, -0.05) is 18.2 Å². The smallest absolute Gasteiger partial charge is 0.0838 e. The summed E-state index contributed by atoms with van der Waals surface area (Å²) in [6.07, 6.45) is 5.98. The average Bonchev–Trinajstić information content (AvgIpc) is 2.32. The molecule has 1 fully saturated rings. The summed E-state index contributed by atoms with van der Waals surface area (Å²) in [7, 11) is 0. The molecule has 0 saturated carbocycles. The molecule has 0 aromatic rings. The molecular weight excluding hydrogens is 200 g/mol. The van der Waals surface area contributed by atoms with Crippen molar-refractivity contribution in [2.45, 2.75) is 6.17 Å². The number of hydrogen-bond acceptors (Lipinski definition) is 4. The summed E-state index contributed by atoms with van der Waals surface area (Å²) < 4.78 is 0. The summed E-state index contributed by atoms with van der Waals surface area (Å²) in [5, 5.41) is 6.55. The fraction of sp³-hybridized carbons (Fsp3) is 0.500. The molecule has 0 radical (unpaired) electrons. The topological polar surface area (TPSA) is 30.5 Å². The second-order valence-corrected chi connectivity index (χ2v) is 3.76. The number of hydrogen-bond donors (Lipinski definition) is 2. The van der Waals surface area contributed by atoms with E-state index in [9.17, 15) is 0 Å². The highest BCUT2D eigenvalue weighted by atomic mass is 15.4. The third kappa shape index (κ3) is 3.57. The zero-order valence-corrected chi connectivity index (χ0v) is 9.86. The quantitative estimate of drug-likeness (QED) is 0.616. The van der Waals surface area contributed by atoms with Gasteiger partial charge in [0.1, 0.15) is 0 Å². The van der Waals surface area contributed by atoms with E-state index in [1.54, 1.807) is 0 Å². The lowest BCUT2D eigenvalue weighted by atomic mass is 10.3. The fourth-order valence-electron chi connectivity index (χ4n) is 1.88. The molecule has 90 valence electrons. The van der Waals surface area contributed by atoms with E-state index in [2.05, 4.69) is 40.2 Å². The van der Waals surface area contributed by atoms with E-state index < -0.39 is 0 Å². The lowest BCUT2D eigenvalue weighted by Crippen LogP contribution is -2.58. The van der Waals surface area contributed by atoms with Gasteiger partial charge in [-0.25, -0.2) is 0 Å². The monoisotopic (exact) mass is 222 g/mol. The predicted molar refractivity (Wildman–Crippen MR) is 68.7 cm³/mol. The Hall–Kier alpha value is -0.940. The van der Waals surface area contributed by atoms with Crippen molar-refractivity contribution < 1.29 is 0 Å². The first-order valence-corrected chi connectivity index (χ1v) is 5.57. The van der Waals surface area contributed by atoms with Gasteiger partial charge in [-0.3, -0.25) is 20.4 Å². The number of nitrogens with zero attached hydrogens (tertiary/aromatic N) is 2. The van der Waals surface area contributed by atoms with Crippen LogP contribution in [0.2, 0.25) is 0 Å². The van der Waals surface area contributed by atoms with Gasteiger partial charge in [-0.2, -0.15) is 0 Å². The Bertz CT molecular complexity index is 223. The summed E-state index contributed by atoms with van der Waals surface area (Å²) in [6.45, 7) is 15.8. The first kappa shape index (κ1) is 13.1. The summed E-state index contributed by atoms with van der Waals surface area (Å²) in [5.41, 5.74) is 0. The van der Waals surface area contributed by atoms with Crippen LogP contribution in [0, 0.1) is 0 Å². The normalized spacial score (nSPS) is 19.3. The molecule has 0 amide bonds. The van der Waals surface area contributed by atoms with Crippen LogP contribution in [0.25, 0.3) is 0 Å². The van der Waals surface area contributed by atoms with E-state index in [1.165, 1.54) is 0 Å². The molecule has 1 saturated heterocycles. The predicted octanol–water partition coefficient (Wildman–Crippen LogP) is 0.540. The molecule has 4 nitrogen and oxygen atoms in total. The van der Waals surface area contributed by atoms with Gasteiger partial charge in [0.05, 0.1) is 19.5 Å². The van der Waals surface area contributed by atoms with Gasteiger partial charge in [0.25, 0.3) is 0 Å². The van der Waals surface area contributed by atoms with Crippen molar-refractivity contribution in [2.24, 2.45) is 0 Å². The Morgan fingerprint density at radius 2 is 1.69 bits per heavy atom. The van der Waals surface area contributed by atoms with Crippen LogP contribution in [-0.2, 0) is 0 Å². The van der Waals surface area contributed by atoms with E-state index in [1.807, 2.05) is 18.2 Å². The Morgan fingerprint density at radius 3 is 2.12 bits per heavy atom. The third-order valence-electron chi connectivity index (χ3n) is 2.57. The largest absolute Gasteiger partial charge is 0.292 e. The molecule has 0 bridgehead atoms. The molecule has 16 heavy (non-hydrogen) atoms. The molecular formula is C12H22N4. The molecule has 1 atom stereocenters. The number of nitrogens with one attached hydrogen (secondary N) is 2. The second kappa shape index (κ2) is 7.35. The van der Waals surface area contributed by atoms with Gasteiger partial charge in [-0.05, 0) is 0 Å². The van der Waals surface area contributed by atoms with E-state index in [0.29, 0.717) is 0 Å². The van der Waals surface area contributed by atoms with Gasteiger partial charge in [-0.15, -0.1) is 19.7 Å². The van der Waals surface area contributed by atoms with Crippen LogP contribution in [0.15, 0.2) is 38.0 Å². The van der Waals surface area contributed by atoms with Crippen LogP contribution >= 0.6 is 0 Å². The Morgan fingerprint density at radius 1 is 1.12 bits per heavy atom. The van der Waals surface area contributed by atoms with E-state index in [0.717, 1.165) is 33.1 Å². The van der Waals surface area contributed by atoms with Crippen molar-refractivity contribution in [3.63, 3.8) is 0 Å².